The number of halogens is 3. The zero-order valence-electron chi connectivity index (χ0n) is 18.6. The fourth-order valence-corrected chi connectivity index (χ4v) is 4.25. The van der Waals surface area contributed by atoms with Gasteiger partial charge in [0.25, 0.3) is 0 Å². The summed E-state index contributed by atoms with van der Waals surface area (Å²) in [4.78, 5) is 26.5. The van der Waals surface area contributed by atoms with Crippen LogP contribution in [0, 0.1) is 11.8 Å². The number of anilines is 3. The standard InChI is InChI=1S/C24H28F3N5O2/c25-24(26,27)18-9-11-31(12-10-18)21-7-5-20(6-8-21)30-19-3-1-16(2-4-19)13-29-22(33)17-14-32(15-17)23(28)34/h1-8,17-18,30H,9-15H2,(H2,28,34)(H,29,33). The van der Waals surface area contributed by atoms with Gasteiger partial charge in [0.05, 0.1) is 11.8 Å². The van der Waals surface area contributed by atoms with Crippen LogP contribution < -0.4 is 21.3 Å². The zero-order valence-corrected chi connectivity index (χ0v) is 18.6. The van der Waals surface area contributed by atoms with Crippen LogP contribution in [-0.4, -0.2) is 49.2 Å². The van der Waals surface area contributed by atoms with E-state index < -0.39 is 18.1 Å². The summed E-state index contributed by atoms with van der Waals surface area (Å²) in [6, 6.07) is 14.8. The molecule has 4 N–H and O–H groups in total. The number of alkyl halides is 3. The molecule has 2 aliphatic heterocycles. The number of amides is 3. The van der Waals surface area contributed by atoms with Gasteiger partial charge in [0.1, 0.15) is 0 Å². The van der Waals surface area contributed by atoms with E-state index in [1.54, 1.807) is 0 Å². The maximum atomic E-state index is 12.9. The number of nitrogens with two attached hydrogens (primary N) is 1. The van der Waals surface area contributed by atoms with Crippen molar-refractivity contribution in [1.82, 2.24) is 10.2 Å². The number of hydrogen-bond acceptors (Lipinski definition) is 4. The van der Waals surface area contributed by atoms with E-state index in [2.05, 4.69) is 10.6 Å². The third-order valence-electron chi connectivity index (χ3n) is 6.46. The minimum absolute atomic E-state index is 0.0950. The summed E-state index contributed by atoms with van der Waals surface area (Å²) in [6.07, 6.45) is -3.85. The van der Waals surface area contributed by atoms with Gasteiger partial charge < -0.3 is 26.2 Å². The minimum atomic E-state index is -4.11. The number of likely N-dealkylation sites (tertiary alicyclic amines) is 1. The monoisotopic (exact) mass is 475 g/mol. The zero-order chi connectivity index (χ0) is 24.3. The van der Waals surface area contributed by atoms with E-state index in [9.17, 15) is 22.8 Å². The highest BCUT2D eigenvalue weighted by Crippen LogP contribution is 2.35. The first-order valence-corrected chi connectivity index (χ1v) is 11.3. The normalized spacial score (nSPS) is 17.3. The van der Waals surface area contributed by atoms with E-state index in [4.69, 9.17) is 5.73 Å². The molecule has 0 aromatic heterocycles. The first-order valence-electron chi connectivity index (χ1n) is 11.3. The van der Waals surface area contributed by atoms with E-state index in [0.29, 0.717) is 32.7 Å². The number of benzene rings is 2. The molecule has 0 bridgehead atoms. The van der Waals surface area contributed by atoms with Crippen LogP contribution in [0.25, 0.3) is 0 Å². The van der Waals surface area contributed by atoms with Crippen LogP contribution in [0.3, 0.4) is 0 Å². The van der Waals surface area contributed by atoms with Gasteiger partial charge in [-0.3, -0.25) is 4.79 Å². The van der Waals surface area contributed by atoms with Crippen LogP contribution in [0.5, 0.6) is 0 Å². The number of carbonyl (C=O) groups excluding carboxylic acids is 2. The molecule has 7 nitrogen and oxygen atoms in total. The second kappa shape index (κ2) is 9.82. The molecule has 2 heterocycles. The molecule has 2 aromatic carbocycles. The fourth-order valence-electron chi connectivity index (χ4n) is 4.25. The molecule has 2 fully saturated rings. The Morgan fingerprint density at radius 1 is 0.941 bits per heavy atom. The number of rotatable bonds is 6. The van der Waals surface area contributed by atoms with Crippen LogP contribution in [0.2, 0.25) is 0 Å². The van der Waals surface area contributed by atoms with Gasteiger partial charge in [0.15, 0.2) is 0 Å². The predicted octanol–water partition coefficient (Wildman–Crippen LogP) is 3.84. The third kappa shape index (κ3) is 5.73. The molecule has 182 valence electrons. The van der Waals surface area contributed by atoms with Gasteiger partial charge in [-0.1, -0.05) is 12.1 Å². The molecular weight excluding hydrogens is 447 g/mol. The van der Waals surface area contributed by atoms with Gasteiger partial charge in [0, 0.05) is 49.8 Å². The SMILES string of the molecule is NC(=O)N1CC(C(=O)NCc2ccc(Nc3ccc(N4CCC(C(F)(F)F)CC4)cc3)cc2)C1. The lowest BCUT2D eigenvalue weighted by molar-refractivity contribution is -0.179. The summed E-state index contributed by atoms with van der Waals surface area (Å²) in [6.45, 7) is 1.91. The number of carbonyl (C=O) groups is 2. The average Bonchev–Trinajstić information content (AvgIpc) is 2.77. The molecule has 0 unspecified atom stereocenters. The largest absolute Gasteiger partial charge is 0.391 e. The van der Waals surface area contributed by atoms with Gasteiger partial charge in [-0.25, -0.2) is 4.79 Å². The maximum absolute atomic E-state index is 12.9. The van der Waals surface area contributed by atoms with Crippen LogP contribution in [0.1, 0.15) is 18.4 Å². The Labute approximate surface area is 196 Å². The third-order valence-corrected chi connectivity index (χ3v) is 6.46. The molecule has 34 heavy (non-hydrogen) atoms. The molecular formula is C24H28F3N5O2. The lowest BCUT2D eigenvalue weighted by Gasteiger charge is -2.36. The van der Waals surface area contributed by atoms with Crippen molar-refractivity contribution >= 4 is 29.0 Å². The molecule has 2 aliphatic rings. The summed E-state index contributed by atoms with van der Waals surface area (Å²) in [7, 11) is 0. The number of hydrogen-bond donors (Lipinski definition) is 3. The molecule has 2 aromatic rings. The topological polar surface area (TPSA) is 90.7 Å². The highest BCUT2D eigenvalue weighted by molar-refractivity contribution is 5.83. The van der Waals surface area contributed by atoms with Gasteiger partial charge in [-0.15, -0.1) is 0 Å². The number of urea groups is 1. The quantitative estimate of drug-likeness (QED) is 0.592. The predicted molar refractivity (Wildman–Crippen MR) is 124 cm³/mol. The van der Waals surface area contributed by atoms with Crippen molar-refractivity contribution in [3.8, 4) is 0 Å². The summed E-state index contributed by atoms with van der Waals surface area (Å²) < 4.78 is 38.6. The van der Waals surface area contributed by atoms with Crippen molar-refractivity contribution in [2.75, 3.05) is 36.4 Å². The van der Waals surface area contributed by atoms with Gasteiger partial charge in [-0.05, 0) is 54.8 Å². The summed E-state index contributed by atoms with van der Waals surface area (Å²) in [5, 5.41) is 6.17. The average molecular weight is 476 g/mol. The summed E-state index contributed by atoms with van der Waals surface area (Å²) in [5.41, 5.74) is 8.79. The summed E-state index contributed by atoms with van der Waals surface area (Å²) >= 11 is 0. The molecule has 0 saturated carbocycles. The van der Waals surface area contributed by atoms with Crippen molar-refractivity contribution in [1.29, 1.82) is 0 Å². The lowest BCUT2D eigenvalue weighted by Crippen LogP contribution is -2.57. The molecule has 0 aliphatic carbocycles. The van der Waals surface area contributed by atoms with E-state index >= 15 is 0 Å². The van der Waals surface area contributed by atoms with Crippen molar-refractivity contribution in [2.45, 2.75) is 25.6 Å². The molecule has 0 spiro atoms. The second-order valence-electron chi connectivity index (χ2n) is 8.83. The Hall–Kier alpha value is -3.43. The number of piperidine rings is 1. The number of nitrogens with one attached hydrogen (secondary N) is 2. The number of primary amides is 1. The van der Waals surface area contributed by atoms with E-state index in [-0.39, 0.29) is 24.7 Å². The molecule has 4 rings (SSSR count). The van der Waals surface area contributed by atoms with E-state index in [0.717, 1.165) is 22.6 Å². The van der Waals surface area contributed by atoms with Gasteiger partial charge in [0.2, 0.25) is 5.91 Å². The van der Waals surface area contributed by atoms with Crippen molar-refractivity contribution in [3.05, 3.63) is 54.1 Å². The highest BCUT2D eigenvalue weighted by atomic mass is 19.4. The summed E-state index contributed by atoms with van der Waals surface area (Å²) in [5.74, 6) is -1.51. The second-order valence-corrected chi connectivity index (χ2v) is 8.83. The van der Waals surface area contributed by atoms with E-state index in [1.807, 2.05) is 53.4 Å². The first kappa shape index (κ1) is 23.7. The Morgan fingerprint density at radius 3 is 2.03 bits per heavy atom. The first-order chi connectivity index (χ1) is 16.2. The molecule has 0 atom stereocenters. The molecule has 0 radical (unpaired) electrons. The van der Waals surface area contributed by atoms with Crippen molar-refractivity contribution in [3.63, 3.8) is 0 Å². The Bertz CT molecular complexity index is 997. The van der Waals surface area contributed by atoms with Crippen LogP contribution in [0.15, 0.2) is 48.5 Å². The lowest BCUT2D eigenvalue weighted by atomic mass is 9.96. The van der Waals surface area contributed by atoms with Crippen LogP contribution in [-0.2, 0) is 11.3 Å². The molecule has 10 heteroatoms. The van der Waals surface area contributed by atoms with Crippen molar-refractivity contribution < 1.29 is 22.8 Å². The maximum Gasteiger partial charge on any atom is 0.391 e. The van der Waals surface area contributed by atoms with E-state index in [1.165, 1.54) is 4.90 Å². The molecule has 2 saturated heterocycles. The Balaban J connectivity index is 1.23. The van der Waals surface area contributed by atoms with Gasteiger partial charge >= 0.3 is 12.2 Å². The number of nitrogens with zero attached hydrogens (tertiary/aromatic N) is 2. The van der Waals surface area contributed by atoms with Crippen molar-refractivity contribution in [2.24, 2.45) is 17.6 Å². The Morgan fingerprint density at radius 2 is 1.50 bits per heavy atom. The minimum Gasteiger partial charge on any atom is -0.372 e. The van der Waals surface area contributed by atoms with Crippen LogP contribution in [0.4, 0.5) is 35.0 Å². The fraction of sp³-hybridized carbons (Fsp3) is 0.417. The van der Waals surface area contributed by atoms with Crippen LogP contribution >= 0.6 is 0 Å². The Kier molecular flexibility index (Phi) is 6.85. The highest BCUT2D eigenvalue weighted by Gasteiger charge is 2.41. The van der Waals surface area contributed by atoms with Gasteiger partial charge in [-0.2, -0.15) is 13.2 Å². The smallest absolute Gasteiger partial charge is 0.372 e. The molecule has 3 amide bonds.